The predicted molar refractivity (Wildman–Crippen MR) is 70.0 cm³/mol. The Morgan fingerprint density at radius 2 is 1.94 bits per heavy atom. The first kappa shape index (κ1) is 11.5. The van der Waals surface area contributed by atoms with E-state index in [0.29, 0.717) is 5.41 Å². The van der Waals surface area contributed by atoms with Crippen LogP contribution in [0.4, 0.5) is 4.79 Å². The van der Waals surface area contributed by atoms with Gasteiger partial charge in [-0.3, -0.25) is 5.43 Å². The van der Waals surface area contributed by atoms with Crippen LogP contribution in [0, 0.1) is 0 Å². The van der Waals surface area contributed by atoms with Gasteiger partial charge in [-0.15, -0.1) is 0 Å². The van der Waals surface area contributed by atoms with Crippen LogP contribution in [0.25, 0.3) is 0 Å². The molecule has 0 atom stereocenters. The fourth-order valence-corrected chi connectivity index (χ4v) is 3.51. The first-order valence-electron chi connectivity index (χ1n) is 6.59. The van der Waals surface area contributed by atoms with Crippen LogP contribution >= 0.6 is 0 Å². The molecule has 1 saturated heterocycles. The molecular formula is C14H19N3O. The zero-order valence-corrected chi connectivity index (χ0v) is 10.5. The highest BCUT2D eigenvalue weighted by molar-refractivity contribution is 5.73. The Bertz CT molecular complexity index is 464. The number of aryl methyl sites for hydroxylation is 1. The molecule has 0 aromatic heterocycles. The minimum Gasteiger partial charge on any atom is -0.324 e. The Labute approximate surface area is 107 Å². The standard InChI is InChI=1S/C14H19N3O/c15-16-13(18)17-9-7-14(8-10-17)6-5-11-3-1-2-4-12(11)14/h1-4H,5-10,15H2,(H,16,18). The molecule has 1 fully saturated rings. The van der Waals surface area contributed by atoms with Gasteiger partial charge in [0.15, 0.2) is 0 Å². The van der Waals surface area contributed by atoms with Crippen LogP contribution in [0.1, 0.15) is 30.4 Å². The van der Waals surface area contributed by atoms with E-state index in [9.17, 15) is 4.79 Å². The summed E-state index contributed by atoms with van der Waals surface area (Å²) >= 11 is 0. The molecule has 1 spiro atoms. The third kappa shape index (κ3) is 1.68. The van der Waals surface area contributed by atoms with Gasteiger partial charge in [-0.1, -0.05) is 24.3 Å². The van der Waals surface area contributed by atoms with Crippen LogP contribution in [0.5, 0.6) is 0 Å². The van der Waals surface area contributed by atoms with E-state index in [-0.39, 0.29) is 6.03 Å². The molecule has 0 radical (unpaired) electrons. The van der Waals surface area contributed by atoms with Gasteiger partial charge in [0.25, 0.3) is 0 Å². The number of nitrogens with zero attached hydrogens (tertiary/aromatic N) is 1. The number of carbonyl (C=O) groups excluding carboxylic acids is 1. The summed E-state index contributed by atoms with van der Waals surface area (Å²) in [6.07, 6.45) is 4.51. The number of hydrazine groups is 1. The van der Waals surface area contributed by atoms with Gasteiger partial charge < -0.3 is 4.90 Å². The number of amides is 2. The summed E-state index contributed by atoms with van der Waals surface area (Å²) in [5, 5.41) is 0. The number of benzene rings is 1. The predicted octanol–water partition coefficient (Wildman–Crippen LogP) is 1.55. The Morgan fingerprint density at radius 3 is 2.67 bits per heavy atom. The molecule has 0 unspecified atom stereocenters. The maximum absolute atomic E-state index is 11.5. The van der Waals surface area contributed by atoms with Gasteiger partial charge in [-0.05, 0) is 42.2 Å². The van der Waals surface area contributed by atoms with Crippen molar-refractivity contribution in [2.75, 3.05) is 13.1 Å². The Hall–Kier alpha value is -1.55. The van der Waals surface area contributed by atoms with Crippen molar-refractivity contribution in [2.45, 2.75) is 31.1 Å². The fraction of sp³-hybridized carbons (Fsp3) is 0.500. The molecule has 0 saturated carbocycles. The third-order valence-corrected chi connectivity index (χ3v) is 4.59. The molecule has 1 heterocycles. The molecule has 0 bridgehead atoms. The van der Waals surface area contributed by atoms with Crippen LogP contribution in [-0.4, -0.2) is 24.0 Å². The number of carbonyl (C=O) groups is 1. The molecular weight excluding hydrogens is 226 g/mol. The number of rotatable bonds is 0. The van der Waals surface area contributed by atoms with Crippen LogP contribution in [-0.2, 0) is 11.8 Å². The molecule has 18 heavy (non-hydrogen) atoms. The number of hydrogen-bond donors (Lipinski definition) is 2. The fourth-order valence-electron chi connectivity index (χ4n) is 3.51. The number of urea groups is 1. The maximum atomic E-state index is 11.5. The van der Waals surface area contributed by atoms with Crippen LogP contribution < -0.4 is 11.3 Å². The molecule has 1 aliphatic carbocycles. The van der Waals surface area contributed by atoms with Gasteiger partial charge >= 0.3 is 6.03 Å². The molecule has 2 aliphatic rings. The van der Waals surface area contributed by atoms with Crippen molar-refractivity contribution >= 4 is 6.03 Å². The monoisotopic (exact) mass is 245 g/mol. The molecule has 4 heteroatoms. The second kappa shape index (κ2) is 4.28. The second-order valence-electron chi connectivity index (χ2n) is 5.37. The molecule has 2 amide bonds. The molecule has 1 aromatic carbocycles. The number of piperidine rings is 1. The first-order valence-corrected chi connectivity index (χ1v) is 6.59. The number of hydrogen-bond acceptors (Lipinski definition) is 2. The van der Waals surface area contributed by atoms with Crippen LogP contribution in [0.3, 0.4) is 0 Å². The number of nitrogens with one attached hydrogen (secondary N) is 1. The summed E-state index contributed by atoms with van der Waals surface area (Å²) in [4.78, 5) is 13.3. The van der Waals surface area contributed by atoms with Gasteiger partial charge in [0, 0.05) is 13.1 Å². The molecule has 4 nitrogen and oxygen atoms in total. The lowest BCUT2D eigenvalue weighted by atomic mass is 9.74. The Kier molecular flexibility index (Phi) is 2.74. The minimum absolute atomic E-state index is 0.156. The lowest BCUT2D eigenvalue weighted by Crippen LogP contribution is -2.49. The zero-order valence-electron chi connectivity index (χ0n) is 10.5. The van der Waals surface area contributed by atoms with Crippen molar-refractivity contribution in [3.05, 3.63) is 35.4 Å². The van der Waals surface area contributed by atoms with Gasteiger partial charge in [-0.2, -0.15) is 0 Å². The average molecular weight is 245 g/mol. The SMILES string of the molecule is NNC(=O)N1CCC2(CCc3ccccc32)CC1. The van der Waals surface area contributed by atoms with E-state index in [1.165, 1.54) is 24.0 Å². The molecule has 1 aromatic rings. The summed E-state index contributed by atoms with van der Waals surface area (Å²) in [5.74, 6) is 5.18. The van der Waals surface area contributed by atoms with Gasteiger partial charge in [-0.25, -0.2) is 10.6 Å². The Morgan fingerprint density at radius 1 is 1.22 bits per heavy atom. The van der Waals surface area contributed by atoms with E-state index in [1.807, 2.05) is 4.90 Å². The van der Waals surface area contributed by atoms with E-state index in [0.717, 1.165) is 25.9 Å². The van der Waals surface area contributed by atoms with Crippen molar-refractivity contribution in [3.8, 4) is 0 Å². The lowest BCUT2D eigenvalue weighted by molar-refractivity contribution is 0.157. The summed E-state index contributed by atoms with van der Waals surface area (Å²) < 4.78 is 0. The van der Waals surface area contributed by atoms with Crippen LogP contribution in [0.15, 0.2) is 24.3 Å². The highest BCUT2D eigenvalue weighted by Crippen LogP contribution is 2.45. The summed E-state index contributed by atoms with van der Waals surface area (Å²) in [6, 6.07) is 8.60. The van der Waals surface area contributed by atoms with Crippen molar-refractivity contribution < 1.29 is 4.79 Å². The van der Waals surface area contributed by atoms with Crippen LogP contribution in [0.2, 0.25) is 0 Å². The number of likely N-dealkylation sites (tertiary alicyclic amines) is 1. The molecule has 3 rings (SSSR count). The highest BCUT2D eigenvalue weighted by Gasteiger charge is 2.41. The Balaban J connectivity index is 1.79. The number of nitrogens with two attached hydrogens (primary N) is 1. The topological polar surface area (TPSA) is 58.4 Å². The first-order chi connectivity index (χ1) is 8.75. The van der Waals surface area contributed by atoms with E-state index >= 15 is 0 Å². The van der Waals surface area contributed by atoms with Gasteiger partial charge in [0.2, 0.25) is 0 Å². The summed E-state index contributed by atoms with van der Waals surface area (Å²) in [7, 11) is 0. The quantitative estimate of drug-likeness (QED) is 0.414. The average Bonchev–Trinajstić information content (AvgIpc) is 2.78. The second-order valence-corrected chi connectivity index (χ2v) is 5.37. The van der Waals surface area contributed by atoms with E-state index < -0.39 is 0 Å². The minimum atomic E-state index is -0.156. The zero-order chi connectivity index (χ0) is 12.6. The van der Waals surface area contributed by atoms with Gasteiger partial charge in [0.1, 0.15) is 0 Å². The normalized spacial score (nSPS) is 20.8. The lowest BCUT2D eigenvalue weighted by Gasteiger charge is -2.39. The van der Waals surface area contributed by atoms with E-state index in [4.69, 9.17) is 5.84 Å². The molecule has 96 valence electrons. The molecule has 3 N–H and O–H groups in total. The largest absolute Gasteiger partial charge is 0.331 e. The number of fused-ring (bicyclic) bond motifs is 2. The van der Waals surface area contributed by atoms with E-state index in [2.05, 4.69) is 29.7 Å². The van der Waals surface area contributed by atoms with Crippen molar-refractivity contribution in [2.24, 2.45) is 5.84 Å². The van der Waals surface area contributed by atoms with Crippen molar-refractivity contribution in [1.82, 2.24) is 10.3 Å². The smallest absolute Gasteiger partial charge is 0.324 e. The molecule has 1 aliphatic heterocycles. The van der Waals surface area contributed by atoms with Crippen molar-refractivity contribution in [1.29, 1.82) is 0 Å². The van der Waals surface area contributed by atoms with Crippen molar-refractivity contribution in [3.63, 3.8) is 0 Å². The summed E-state index contributed by atoms with van der Waals surface area (Å²) in [5.41, 5.74) is 5.53. The highest BCUT2D eigenvalue weighted by atomic mass is 16.2. The summed E-state index contributed by atoms with van der Waals surface area (Å²) in [6.45, 7) is 1.61. The van der Waals surface area contributed by atoms with E-state index in [1.54, 1.807) is 0 Å². The third-order valence-electron chi connectivity index (χ3n) is 4.59. The van der Waals surface area contributed by atoms with Gasteiger partial charge in [0.05, 0.1) is 0 Å². The maximum Gasteiger partial charge on any atom is 0.331 e.